The van der Waals surface area contributed by atoms with Crippen LogP contribution in [-0.2, 0) is 9.59 Å². The first-order valence-electron chi connectivity index (χ1n) is 5.52. The number of aliphatic carboxylic acids is 2. The Morgan fingerprint density at radius 2 is 1.74 bits per heavy atom. The third-order valence-electron chi connectivity index (χ3n) is 2.22. The molecule has 0 aromatic heterocycles. The summed E-state index contributed by atoms with van der Waals surface area (Å²) in [7, 11) is 0. The molecule has 6 nitrogen and oxygen atoms in total. The highest BCUT2D eigenvalue weighted by molar-refractivity contribution is 6.00. The Kier molecular flexibility index (Phi) is 5.28. The summed E-state index contributed by atoms with van der Waals surface area (Å²) in [6.07, 6.45) is 1.02. The van der Waals surface area contributed by atoms with Gasteiger partial charge < -0.3 is 15.5 Å². The highest BCUT2D eigenvalue weighted by Crippen LogP contribution is 2.02. The van der Waals surface area contributed by atoms with Crippen molar-refractivity contribution in [3.05, 3.63) is 47.7 Å². The Morgan fingerprint density at radius 3 is 2.26 bits per heavy atom. The summed E-state index contributed by atoms with van der Waals surface area (Å²) in [6, 6.07) is 8.14. The smallest absolute Gasteiger partial charge is 0.352 e. The van der Waals surface area contributed by atoms with Gasteiger partial charge in [0.25, 0.3) is 5.91 Å². The second kappa shape index (κ2) is 6.95. The molecule has 1 rings (SSSR count). The van der Waals surface area contributed by atoms with Crippen molar-refractivity contribution in [2.45, 2.75) is 12.8 Å². The van der Waals surface area contributed by atoms with E-state index in [-0.39, 0.29) is 18.5 Å². The van der Waals surface area contributed by atoms with Crippen LogP contribution in [0.1, 0.15) is 23.2 Å². The van der Waals surface area contributed by atoms with Gasteiger partial charge in [-0.1, -0.05) is 24.3 Å². The fraction of sp³-hybridized carbons (Fsp3) is 0.154. The number of nitrogens with one attached hydrogen (secondary N) is 1. The Labute approximate surface area is 109 Å². The Morgan fingerprint density at radius 1 is 1.11 bits per heavy atom. The summed E-state index contributed by atoms with van der Waals surface area (Å²) >= 11 is 0. The van der Waals surface area contributed by atoms with E-state index in [0.29, 0.717) is 5.56 Å². The van der Waals surface area contributed by atoms with Crippen LogP contribution in [0.2, 0.25) is 0 Å². The maximum absolute atomic E-state index is 11.7. The number of rotatable bonds is 6. The van der Waals surface area contributed by atoms with E-state index in [1.54, 1.807) is 30.3 Å². The highest BCUT2D eigenvalue weighted by atomic mass is 16.4. The second-order valence-electron chi connectivity index (χ2n) is 3.68. The van der Waals surface area contributed by atoms with Crippen LogP contribution >= 0.6 is 0 Å². The lowest BCUT2D eigenvalue weighted by Gasteiger charge is -2.05. The van der Waals surface area contributed by atoms with Gasteiger partial charge >= 0.3 is 11.9 Å². The van der Waals surface area contributed by atoms with Crippen molar-refractivity contribution in [1.29, 1.82) is 0 Å². The number of carboxylic acids is 2. The predicted molar refractivity (Wildman–Crippen MR) is 66.5 cm³/mol. The molecule has 0 aliphatic carbocycles. The summed E-state index contributed by atoms with van der Waals surface area (Å²) < 4.78 is 0. The number of amides is 1. The van der Waals surface area contributed by atoms with Gasteiger partial charge in [-0.3, -0.25) is 9.59 Å². The summed E-state index contributed by atoms with van der Waals surface area (Å²) in [4.78, 5) is 33.0. The normalized spacial score (nSPS) is 10.8. The first kappa shape index (κ1) is 14.4. The third-order valence-corrected chi connectivity index (χ3v) is 2.22. The van der Waals surface area contributed by atoms with Crippen molar-refractivity contribution in [3.8, 4) is 0 Å². The molecule has 6 heteroatoms. The number of hydrogen-bond acceptors (Lipinski definition) is 3. The standard InChI is InChI=1S/C13H13NO5/c15-11(16)8-4-7-10(13(18)19)14-12(17)9-5-2-1-3-6-9/h1-3,5-7H,4,8H2,(H,14,17)(H,15,16)(H,18,19)/b10-7+. The SMILES string of the molecule is O=C(O)CC/C=C(/NC(=O)c1ccccc1)C(=O)O. The van der Waals surface area contributed by atoms with Crippen LogP contribution in [0, 0.1) is 0 Å². The fourth-order valence-electron chi connectivity index (χ4n) is 1.32. The number of carbonyl (C=O) groups is 3. The highest BCUT2D eigenvalue weighted by Gasteiger charge is 2.12. The molecule has 1 aromatic rings. The molecule has 0 aliphatic rings. The van der Waals surface area contributed by atoms with Gasteiger partial charge in [0.05, 0.1) is 0 Å². The average Bonchev–Trinajstić information content (AvgIpc) is 2.37. The zero-order valence-corrected chi connectivity index (χ0v) is 10.00. The molecule has 0 heterocycles. The molecule has 1 aromatic carbocycles. The number of allylic oxidation sites excluding steroid dienone is 1. The van der Waals surface area contributed by atoms with Gasteiger partial charge in [0.15, 0.2) is 0 Å². The Balaban J connectivity index is 2.71. The predicted octanol–water partition coefficient (Wildman–Crippen LogP) is 1.25. The summed E-state index contributed by atoms with van der Waals surface area (Å²) in [6.45, 7) is 0. The lowest BCUT2D eigenvalue weighted by atomic mass is 10.2. The number of carboxylic acid groups (broad SMARTS) is 2. The molecule has 1 amide bonds. The molecular formula is C13H13NO5. The van der Waals surface area contributed by atoms with E-state index in [1.165, 1.54) is 6.08 Å². The molecule has 0 radical (unpaired) electrons. The van der Waals surface area contributed by atoms with E-state index in [4.69, 9.17) is 10.2 Å². The molecule has 100 valence electrons. The lowest BCUT2D eigenvalue weighted by molar-refractivity contribution is -0.137. The van der Waals surface area contributed by atoms with E-state index < -0.39 is 17.8 Å². The molecule has 0 spiro atoms. The van der Waals surface area contributed by atoms with Gasteiger partial charge in [-0.25, -0.2) is 4.79 Å². The first-order valence-corrected chi connectivity index (χ1v) is 5.52. The molecule has 3 N–H and O–H groups in total. The van der Waals surface area contributed by atoms with Crippen LogP contribution in [0.3, 0.4) is 0 Å². The van der Waals surface area contributed by atoms with Crippen molar-refractivity contribution < 1.29 is 24.6 Å². The van der Waals surface area contributed by atoms with Crippen molar-refractivity contribution >= 4 is 17.8 Å². The molecule has 19 heavy (non-hydrogen) atoms. The van der Waals surface area contributed by atoms with Gasteiger partial charge in [0.2, 0.25) is 0 Å². The number of carbonyl (C=O) groups excluding carboxylic acids is 1. The van der Waals surface area contributed by atoms with Crippen molar-refractivity contribution in [2.24, 2.45) is 0 Å². The lowest BCUT2D eigenvalue weighted by Crippen LogP contribution is -2.27. The first-order chi connectivity index (χ1) is 9.00. The molecule has 0 bridgehead atoms. The largest absolute Gasteiger partial charge is 0.481 e. The summed E-state index contributed by atoms with van der Waals surface area (Å²) in [5.74, 6) is -2.89. The van der Waals surface area contributed by atoms with Crippen LogP contribution in [0.25, 0.3) is 0 Å². The topological polar surface area (TPSA) is 104 Å². The third kappa shape index (κ3) is 5.03. The van der Waals surface area contributed by atoms with Crippen molar-refractivity contribution in [3.63, 3.8) is 0 Å². The van der Waals surface area contributed by atoms with E-state index >= 15 is 0 Å². The summed E-state index contributed by atoms with van der Waals surface area (Å²) in [5.41, 5.74) is 0.00277. The van der Waals surface area contributed by atoms with E-state index in [9.17, 15) is 14.4 Å². The molecule has 0 aliphatic heterocycles. The monoisotopic (exact) mass is 263 g/mol. The van der Waals surface area contributed by atoms with Crippen LogP contribution < -0.4 is 5.32 Å². The van der Waals surface area contributed by atoms with E-state index in [1.807, 2.05) is 0 Å². The zero-order chi connectivity index (χ0) is 14.3. The second-order valence-corrected chi connectivity index (χ2v) is 3.68. The van der Waals surface area contributed by atoms with Gasteiger partial charge in [0, 0.05) is 12.0 Å². The summed E-state index contributed by atoms with van der Waals surface area (Å²) in [5, 5.41) is 19.6. The Hall–Kier alpha value is -2.63. The van der Waals surface area contributed by atoms with Crippen LogP contribution in [0.4, 0.5) is 0 Å². The van der Waals surface area contributed by atoms with Crippen LogP contribution in [0.15, 0.2) is 42.1 Å². The quantitative estimate of drug-likeness (QED) is 0.670. The van der Waals surface area contributed by atoms with Crippen molar-refractivity contribution in [1.82, 2.24) is 5.32 Å². The molecule has 0 atom stereocenters. The van der Waals surface area contributed by atoms with E-state index in [0.717, 1.165) is 0 Å². The molecule has 0 fully saturated rings. The van der Waals surface area contributed by atoms with Crippen LogP contribution in [-0.4, -0.2) is 28.1 Å². The van der Waals surface area contributed by atoms with Gasteiger partial charge in [-0.05, 0) is 18.6 Å². The van der Waals surface area contributed by atoms with Crippen molar-refractivity contribution in [2.75, 3.05) is 0 Å². The maximum atomic E-state index is 11.7. The van der Waals surface area contributed by atoms with Gasteiger partial charge in [-0.15, -0.1) is 0 Å². The molecular weight excluding hydrogens is 250 g/mol. The van der Waals surface area contributed by atoms with Gasteiger partial charge in [0.1, 0.15) is 5.70 Å². The average molecular weight is 263 g/mol. The minimum atomic E-state index is -1.31. The number of benzene rings is 1. The minimum Gasteiger partial charge on any atom is -0.481 e. The van der Waals surface area contributed by atoms with E-state index in [2.05, 4.69) is 5.32 Å². The zero-order valence-electron chi connectivity index (χ0n) is 10.00. The Bertz CT molecular complexity index is 507. The minimum absolute atomic E-state index is 0.0338. The fourth-order valence-corrected chi connectivity index (χ4v) is 1.32. The molecule has 0 saturated carbocycles. The maximum Gasteiger partial charge on any atom is 0.352 e. The molecule has 0 unspecified atom stereocenters. The number of hydrogen-bond donors (Lipinski definition) is 3. The molecule has 0 saturated heterocycles. The van der Waals surface area contributed by atoms with Gasteiger partial charge in [-0.2, -0.15) is 0 Å². The van der Waals surface area contributed by atoms with Crippen LogP contribution in [0.5, 0.6) is 0 Å².